The molecule has 0 bridgehead atoms. The molecule has 8 heteroatoms. The summed E-state index contributed by atoms with van der Waals surface area (Å²) in [5.41, 5.74) is 0. The first-order valence-electron chi connectivity index (χ1n) is 9.78. The van der Waals surface area contributed by atoms with Crippen LogP contribution < -0.4 is 24.8 Å². The summed E-state index contributed by atoms with van der Waals surface area (Å²) in [6.45, 7) is 0.493. The van der Waals surface area contributed by atoms with E-state index in [1.54, 1.807) is 23.9 Å². The van der Waals surface area contributed by atoms with E-state index in [4.69, 9.17) is 14.2 Å². The topological polar surface area (TPSA) is 85.9 Å². The summed E-state index contributed by atoms with van der Waals surface area (Å²) in [6.07, 6.45) is 2.19. The highest BCUT2D eigenvalue weighted by atomic mass is 32.2. The monoisotopic (exact) mass is 430 g/mol. The van der Waals surface area contributed by atoms with Crippen molar-refractivity contribution >= 4 is 23.6 Å². The highest BCUT2D eigenvalue weighted by Gasteiger charge is 2.24. The van der Waals surface area contributed by atoms with E-state index >= 15 is 0 Å². The summed E-state index contributed by atoms with van der Waals surface area (Å²) in [5.74, 6) is 2.11. The van der Waals surface area contributed by atoms with E-state index in [-0.39, 0.29) is 24.5 Å². The van der Waals surface area contributed by atoms with Crippen molar-refractivity contribution in [2.24, 2.45) is 0 Å². The molecular formula is C22H26N2O5S. The number of benzene rings is 2. The molecule has 0 saturated carbocycles. The molecule has 0 aromatic heterocycles. The van der Waals surface area contributed by atoms with Crippen LogP contribution in [0.15, 0.2) is 54.6 Å². The van der Waals surface area contributed by atoms with Gasteiger partial charge in [-0.1, -0.05) is 30.3 Å². The first-order chi connectivity index (χ1) is 14.7. The smallest absolute Gasteiger partial charge is 0.258 e. The van der Waals surface area contributed by atoms with Gasteiger partial charge >= 0.3 is 0 Å². The number of ether oxygens (including phenoxy) is 3. The fourth-order valence-corrected chi connectivity index (χ4v) is 3.38. The molecule has 1 aliphatic heterocycles. The number of hydrogen-bond acceptors (Lipinski definition) is 6. The van der Waals surface area contributed by atoms with Gasteiger partial charge in [-0.05, 0) is 42.7 Å². The molecule has 2 amide bonds. The Morgan fingerprint density at radius 1 is 1.13 bits per heavy atom. The number of fused-ring (bicyclic) bond motifs is 1. The lowest BCUT2D eigenvalue weighted by Gasteiger charge is -2.27. The fourth-order valence-electron chi connectivity index (χ4n) is 2.91. The van der Waals surface area contributed by atoms with Gasteiger partial charge < -0.3 is 24.8 Å². The van der Waals surface area contributed by atoms with Crippen LogP contribution in [-0.2, 0) is 9.59 Å². The van der Waals surface area contributed by atoms with Crippen LogP contribution in [0.25, 0.3) is 0 Å². The van der Waals surface area contributed by atoms with Crippen LogP contribution in [0.2, 0.25) is 0 Å². The van der Waals surface area contributed by atoms with Crippen LogP contribution in [0.5, 0.6) is 17.2 Å². The molecule has 2 N–H and O–H groups in total. The fraction of sp³-hybridized carbons (Fsp3) is 0.364. The minimum absolute atomic E-state index is 0.149. The molecule has 7 nitrogen and oxygen atoms in total. The van der Waals surface area contributed by atoms with Crippen molar-refractivity contribution in [1.29, 1.82) is 0 Å². The molecule has 3 rings (SSSR count). The molecule has 0 radical (unpaired) electrons. The molecule has 30 heavy (non-hydrogen) atoms. The average molecular weight is 431 g/mol. The Bertz CT molecular complexity index is 833. The molecule has 0 spiro atoms. The van der Waals surface area contributed by atoms with Gasteiger partial charge in [-0.2, -0.15) is 11.8 Å². The predicted molar refractivity (Wildman–Crippen MR) is 116 cm³/mol. The average Bonchev–Trinajstić information content (AvgIpc) is 2.79. The third-order valence-corrected chi connectivity index (χ3v) is 5.09. The predicted octanol–water partition coefficient (Wildman–Crippen LogP) is 2.26. The van der Waals surface area contributed by atoms with E-state index < -0.39 is 6.04 Å². The Balaban J connectivity index is 1.47. The van der Waals surface area contributed by atoms with Crippen LogP contribution in [0.4, 0.5) is 0 Å². The summed E-state index contributed by atoms with van der Waals surface area (Å²) in [7, 11) is 0. The quantitative estimate of drug-likeness (QED) is 0.601. The lowest BCUT2D eigenvalue weighted by molar-refractivity contribution is -0.130. The molecule has 0 unspecified atom stereocenters. The molecule has 2 aromatic carbocycles. The number of thioether (sulfide) groups is 1. The SMILES string of the molecule is CSCC[C@@H](NC(=O)COc1ccccc1)C(=O)NC[C@@H]1COc2ccccc2O1. The second-order valence-corrected chi connectivity index (χ2v) is 7.73. The van der Waals surface area contributed by atoms with Crippen molar-refractivity contribution in [3.05, 3.63) is 54.6 Å². The number of carbonyl (C=O) groups is 2. The number of para-hydroxylation sites is 3. The minimum atomic E-state index is -0.638. The zero-order chi connectivity index (χ0) is 21.2. The van der Waals surface area contributed by atoms with Crippen molar-refractivity contribution in [2.75, 3.05) is 31.8 Å². The standard InChI is InChI=1S/C22H26N2O5S/c1-30-12-11-18(24-21(25)15-27-16-7-3-2-4-8-16)22(26)23-13-17-14-28-19-9-5-6-10-20(19)29-17/h2-10,17-18H,11-15H2,1H3,(H,23,26)(H,24,25)/t17-,18-/m1/s1. The second-order valence-electron chi connectivity index (χ2n) is 6.75. The molecule has 0 aliphatic carbocycles. The van der Waals surface area contributed by atoms with E-state index in [0.717, 1.165) is 5.75 Å². The van der Waals surface area contributed by atoms with Crippen molar-refractivity contribution < 1.29 is 23.8 Å². The number of hydrogen-bond donors (Lipinski definition) is 2. The van der Waals surface area contributed by atoms with E-state index in [0.29, 0.717) is 36.8 Å². The lowest BCUT2D eigenvalue weighted by atomic mass is 10.2. The largest absolute Gasteiger partial charge is 0.486 e. The highest BCUT2D eigenvalue weighted by molar-refractivity contribution is 7.98. The van der Waals surface area contributed by atoms with Gasteiger partial charge in [0.2, 0.25) is 5.91 Å². The van der Waals surface area contributed by atoms with Gasteiger partial charge in [-0.15, -0.1) is 0 Å². The van der Waals surface area contributed by atoms with Gasteiger partial charge in [0.05, 0.1) is 6.54 Å². The lowest BCUT2D eigenvalue weighted by Crippen LogP contribution is -2.51. The number of rotatable bonds is 10. The Labute approximate surface area is 180 Å². The van der Waals surface area contributed by atoms with Gasteiger partial charge in [0.25, 0.3) is 5.91 Å². The first-order valence-corrected chi connectivity index (χ1v) is 11.2. The van der Waals surface area contributed by atoms with Crippen molar-refractivity contribution in [3.8, 4) is 17.2 Å². The summed E-state index contributed by atoms with van der Waals surface area (Å²) in [6, 6.07) is 15.9. The van der Waals surface area contributed by atoms with E-state index in [1.807, 2.05) is 48.7 Å². The van der Waals surface area contributed by atoms with E-state index in [2.05, 4.69) is 10.6 Å². The second kappa shape index (κ2) is 11.3. The van der Waals surface area contributed by atoms with Gasteiger partial charge in [0.15, 0.2) is 18.1 Å². The number of carbonyl (C=O) groups excluding carboxylic acids is 2. The van der Waals surface area contributed by atoms with Gasteiger partial charge in [0, 0.05) is 0 Å². The van der Waals surface area contributed by atoms with E-state index in [1.165, 1.54) is 0 Å². The number of amides is 2. The first kappa shape index (κ1) is 21.8. The molecular weight excluding hydrogens is 404 g/mol. The molecule has 0 fully saturated rings. The Morgan fingerprint density at radius 2 is 1.87 bits per heavy atom. The van der Waals surface area contributed by atoms with Crippen molar-refractivity contribution in [1.82, 2.24) is 10.6 Å². The summed E-state index contributed by atoms with van der Waals surface area (Å²) in [4.78, 5) is 24.9. The summed E-state index contributed by atoms with van der Waals surface area (Å²) < 4.78 is 17.0. The molecule has 0 saturated heterocycles. The Hall–Kier alpha value is -2.87. The minimum Gasteiger partial charge on any atom is -0.486 e. The van der Waals surface area contributed by atoms with Crippen molar-refractivity contribution in [2.45, 2.75) is 18.6 Å². The van der Waals surface area contributed by atoms with Crippen LogP contribution in [0.3, 0.4) is 0 Å². The Kier molecular flexibility index (Phi) is 8.26. The normalized spacial score (nSPS) is 15.7. The van der Waals surface area contributed by atoms with Crippen LogP contribution >= 0.6 is 11.8 Å². The summed E-state index contributed by atoms with van der Waals surface area (Å²) >= 11 is 1.62. The Morgan fingerprint density at radius 3 is 2.63 bits per heavy atom. The molecule has 160 valence electrons. The van der Waals surface area contributed by atoms with Crippen LogP contribution in [-0.4, -0.2) is 55.7 Å². The van der Waals surface area contributed by atoms with Gasteiger partial charge in [0.1, 0.15) is 24.5 Å². The zero-order valence-electron chi connectivity index (χ0n) is 16.8. The maximum atomic E-state index is 12.7. The third kappa shape index (κ3) is 6.59. The van der Waals surface area contributed by atoms with Crippen molar-refractivity contribution in [3.63, 3.8) is 0 Å². The number of nitrogens with one attached hydrogen (secondary N) is 2. The van der Waals surface area contributed by atoms with E-state index in [9.17, 15) is 9.59 Å². The highest BCUT2D eigenvalue weighted by Crippen LogP contribution is 2.30. The molecule has 1 heterocycles. The van der Waals surface area contributed by atoms with Gasteiger partial charge in [-0.25, -0.2) is 0 Å². The maximum Gasteiger partial charge on any atom is 0.258 e. The van der Waals surface area contributed by atoms with Gasteiger partial charge in [-0.3, -0.25) is 9.59 Å². The molecule has 1 aliphatic rings. The van der Waals surface area contributed by atoms with Crippen LogP contribution in [0, 0.1) is 0 Å². The van der Waals surface area contributed by atoms with Crippen LogP contribution in [0.1, 0.15) is 6.42 Å². The third-order valence-electron chi connectivity index (χ3n) is 4.45. The summed E-state index contributed by atoms with van der Waals surface area (Å²) in [5, 5.41) is 5.63. The zero-order valence-corrected chi connectivity index (χ0v) is 17.7. The molecule has 2 aromatic rings. The maximum absolute atomic E-state index is 12.7. The molecule has 2 atom stereocenters.